The quantitative estimate of drug-likeness (QED) is 0.782. The molecule has 0 aliphatic carbocycles. The van der Waals surface area contributed by atoms with Crippen molar-refractivity contribution in [3.05, 3.63) is 53.2 Å². The summed E-state index contributed by atoms with van der Waals surface area (Å²) in [7, 11) is 3.37. The molecule has 7 heteroatoms. The van der Waals surface area contributed by atoms with Crippen LogP contribution in [0.15, 0.2) is 42.1 Å². The zero-order valence-electron chi connectivity index (χ0n) is 13.5. The van der Waals surface area contributed by atoms with E-state index in [2.05, 4.69) is 4.98 Å². The normalized spacial score (nSPS) is 10.5. The van der Waals surface area contributed by atoms with Crippen LogP contribution >= 0.6 is 0 Å². The van der Waals surface area contributed by atoms with Crippen LogP contribution < -0.4 is 4.90 Å². The van der Waals surface area contributed by atoms with Crippen molar-refractivity contribution in [1.29, 1.82) is 10.5 Å². The fourth-order valence-corrected chi connectivity index (χ4v) is 2.23. The minimum Gasteiger partial charge on any atom is -0.362 e. The van der Waals surface area contributed by atoms with Crippen LogP contribution in [0.25, 0.3) is 17.2 Å². The van der Waals surface area contributed by atoms with Gasteiger partial charge in [-0.05, 0) is 29.3 Å². The number of nitrogens with zero attached hydrogens (tertiary/aromatic N) is 4. The molecule has 1 heterocycles. The Morgan fingerprint density at radius 3 is 2.40 bits per heavy atom. The third-order valence-electron chi connectivity index (χ3n) is 3.37. The van der Waals surface area contributed by atoms with E-state index in [0.29, 0.717) is 22.5 Å². The molecule has 0 spiro atoms. The Hall–Kier alpha value is -3.32. The number of hydrogen-bond donors (Lipinski definition) is 0. The van der Waals surface area contributed by atoms with Gasteiger partial charge >= 0.3 is 6.18 Å². The predicted octanol–water partition coefficient (Wildman–Crippen LogP) is 4.26. The van der Waals surface area contributed by atoms with Gasteiger partial charge in [0.15, 0.2) is 0 Å². The van der Waals surface area contributed by atoms with Crippen molar-refractivity contribution in [2.45, 2.75) is 6.18 Å². The van der Waals surface area contributed by atoms with Gasteiger partial charge in [0.1, 0.15) is 23.5 Å². The third kappa shape index (κ3) is 4.15. The standard InChI is InChI=1S/C18H13F3N4/c1-25(2)17-16(8-15(11-24-17)18(19,20)21)14-5-3-4-12(7-14)6-13(9-22)10-23/h3-8,11H,1-2H3. The molecule has 1 aromatic heterocycles. The Morgan fingerprint density at radius 2 is 1.84 bits per heavy atom. The second kappa shape index (κ2) is 7.06. The number of nitriles is 2. The Kier molecular flexibility index (Phi) is 5.09. The summed E-state index contributed by atoms with van der Waals surface area (Å²) in [5, 5.41) is 17.7. The summed E-state index contributed by atoms with van der Waals surface area (Å²) in [6.45, 7) is 0. The molecule has 25 heavy (non-hydrogen) atoms. The van der Waals surface area contributed by atoms with E-state index in [4.69, 9.17) is 10.5 Å². The highest BCUT2D eigenvalue weighted by Crippen LogP contribution is 2.35. The molecule has 0 radical (unpaired) electrons. The number of alkyl halides is 3. The van der Waals surface area contributed by atoms with Gasteiger partial charge in [-0.25, -0.2) is 4.98 Å². The lowest BCUT2D eigenvalue weighted by Gasteiger charge is -2.18. The SMILES string of the molecule is CN(C)c1ncc(C(F)(F)F)cc1-c1cccc(C=C(C#N)C#N)c1. The van der Waals surface area contributed by atoms with E-state index in [1.54, 1.807) is 55.4 Å². The molecule has 2 rings (SSSR count). The van der Waals surface area contributed by atoms with Crippen LogP contribution in [0.3, 0.4) is 0 Å². The monoisotopic (exact) mass is 342 g/mol. The maximum absolute atomic E-state index is 13.0. The zero-order chi connectivity index (χ0) is 18.6. The van der Waals surface area contributed by atoms with Gasteiger partial charge in [0, 0.05) is 25.9 Å². The number of hydrogen-bond acceptors (Lipinski definition) is 4. The van der Waals surface area contributed by atoms with Crippen LogP contribution in [0, 0.1) is 22.7 Å². The van der Waals surface area contributed by atoms with Gasteiger partial charge in [0.05, 0.1) is 5.56 Å². The van der Waals surface area contributed by atoms with E-state index < -0.39 is 11.7 Å². The van der Waals surface area contributed by atoms with Crippen LogP contribution in [0.4, 0.5) is 19.0 Å². The van der Waals surface area contributed by atoms with Crippen molar-refractivity contribution in [1.82, 2.24) is 4.98 Å². The summed E-state index contributed by atoms with van der Waals surface area (Å²) in [6.07, 6.45) is -2.33. The first-order valence-electron chi connectivity index (χ1n) is 7.13. The Labute approximate surface area is 143 Å². The second-order valence-electron chi connectivity index (χ2n) is 5.39. The zero-order valence-corrected chi connectivity index (χ0v) is 13.5. The largest absolute Gasteiger partial charge is 0.417 e. The molecule has 0 unspecified atom stereocenters. The summed E-state index contributed by atoms with van der Waals surface area (Å²) in [6, 6.07) is 11.1. The number of rotatable bonds is 3. The molecule has 126 valence electrons. The highest BCUT2D eigenvalue weighted by atomic mass is 19.4. The average molecular weight is 342 g/mol. The van der Waals surface area contributed by atoms with Crippen LogP contribution in [-0.2, 0) is 6.18 Å². The van der Waals surface area contributed by atoms with E-state index in [9.17, 15) is 13.2 Å². The van der Waals surface area contributed by atoms with E-state index in [0.717, 1.165) is 12.3 Å². The lowest BCUT2D eigenvalue weighted by Crippen LogP contribution is -2.14. The maximum atomic E-state index is 13.0. The van der Waals surface area contributed by atoms with Gasteiger partial charge in [-0.15, -0.1) is 0 Å². The van der Waals surface area contributed by atoms with Gasteiger partial charge in [0.2, 0.25) is 0 Å². The number of allylic oxidation sites excluding steroid dienone is 1. The first kappa shape index (κ1) is 18.0. The van der Waals surface area contributed by atoms with Crippen molar-refractivity contribution in [2.24, 2.45) is 0 Å². The first-order chi connectivity index (χ1) is 11.8. The van der Waals surface area contributed by atoms with E-state index in [1.165, 1.54) is 6.08 Å². The van der Waals surface area contributed by atoms with Crippen LogP contribution in [-0.4, -0.2) is 19.1 Å². The number of pyridine rings is 1. The summed E-state index contributed by atoms with van der Waals surface area (Å²) < 4.78 is 39.1. The van der Waals surface area contributed by atoms with Crippen LogP contribution in [0.2, 0.25) is 0 Å². The van der Waals surface area contributed by atoms with E-state index in [-0.39, 0.29) is 5.57 Å². The van der Waals surface area contributed by atoms with Crippen molar-refractivity contribution >= 4 is 11.9 Å². The molecular weight excluding hydrogens is 329 g/mol. The second-order valence-corrected chi connectivity index (χ2v) is 5.39. The average Bonchev–Trinajstić information content (AvgIpc) is 2.58. The predicted molar refractivity (Wildman–Crippen MR) is 88.2 cm³/mol. The summed E-state index contributed by atoms with van der Waals surface area (Å²) >= 11 is 0. The number of anilines is 1. The summed E-state index contributed by atoms with van der Waals surface area (Å²) in [4.78, 5) is 5.55. The molecule has 0 aliphatic heterocycles. The van der Waals surface area contributed by atoms with Gasteiger partial charge in [-0.2, -0.15) is 23.7 Å². The molecule has 0 fully saturated rings. The van der Waals surface area contributed by atoms with Crippen molar-refractivity contribution < 1.29 is 13.2 Å². The summed E-state index contributed by atoms with van der Waals surface area (Å²) in [5.74, 6) is 0.384. The van der Waals surface area contributed by atoms with E-state index in [1.807, 2.05) is 0 Å². The Balaban J connectivity index is 2.63. The lowest BCUT2D eigenvalue weighted by molar-refractivity contribution is -0.137. The minimum absolute atomic E-state index is 0.0906. The molecule has 0 amide bonds. The third-order valence-corrected chi connectivity index (χ3v) is 3.37. The molecule has 1 aromatic carbocycles. The van der Waals surface area contributed by atoms with Gasteiger partial charge in [0.25, 0.3) is 0 Å². The van der Waals surface area contributed by atoms with Gasteiger partial charge < -0.3 is 4.90 Å². The topological polar surface area (TPSA) is 63.7 Å². The van der Waals surface area contributed by atoms with Crippen molar-refractivity contribution in [2.75, 3.05) is 19.0 Å². The molecule has 0 N–H and O–H groups in total. The minimum atomic E-state index is -4.50. The van der Waals surface area contributed by atoms with Gasteiger partial charge in [-0.1, -0.05) is 18.2 Å². The lowest BCUT2D eigenvalue weighted by atomic mass is 10.0. The van der Waals surface area contributed by atoms with Crippen molar-refractivity contribution in [3.8, 4) is 23.3 Å². The first-order valence-corrected chi connectivity index (χ1v) is 7.13. The summed E-state index contributed by atoms with van der Waals surface area (Å²) in [5.41, 5.74) is 0.422. The molecule has 0 bridgehead atoms. The number of benzene rings is 1. The molecule has 0 saturated heterocycles. The highest BCUT2D eigenvalue weighted by molar-refractivity contribution is 5.78. The van der Waals surface area contributed by atoms with Crippen molar-refractivity contribution in [3.63, 3.8) is 0 Å². The smallest absolute Gasteiger partial charge is 0.362 e. The highest BCUT2D eigenvalue weighted by Gasteiger charge is 2.32. The van der Waals surface area contributed by atoms with E-state index >= 15 is 0 Å². The maximum Gasteiger partial charge on any atom is 0.417 e. The molecule has 2 aromatic rings. The Morgan fingerprint density at radius 1 is 1.16 bits per heavy atom. The fraction of sp³-hybridized carbons (Fsp3) is 0.167. The molecule has 0 atom stereocenters. The van der Waals surface area contributed by atoms with Crippen LogP contribution in [0.5, 0.6) is 0 Å². The number of aromatic nitrogens is 1. The van der Waals surface area contributed by atoms with Crippen LogP contribution in [0.1, 0.15) is 11.1 Å². The molecule has 4 nitrogen and oxygen atoms in total. The molecule has 0 aliphatic rings. The fourth-order valence-electron chi connectivity index (χ4n) is 2.23. The molecule has 0 saturated carbocycles. The molecular formula is C18H13F3N4. The number of halogens is 3. The van der Waals surface area contributed by atoms with Gasteiger partial charge in [-0.3, -0.25) is 0 Å². The Bertz CT molecular complexity index is 884.